The Morgan fingerprint density at radius 1 is 1.60 bits per heavy atom. The quantitative estimate of drug-likeness (QED) is 0.584. The van der Waals surface area contributed by atoms with E-state index in [-0.39, 0.29) is 0 Å². The summed E-state index contributed by atoms with van der Waals surface area (Å²) in [7, 11) is 0. The average molecular weight is 138 g/mol. The zero-order chi connectivity index (χ0) is 7.56. The Morgan fingerprint density at radius 2 is 2.30 bits per heavy atom. The van der Waals surface area contributed by atoms with Gasteiger partial charge < -0.3 is 5.32 Å². The molecule has 0 bridgehead atoms. The molecule has 0 aromatic carbocycles. The summed E-state index contributed by atoms with van der Waals surface area (Å²) in [6.45, 7) is 6.43. The van der Waals surface area contributed by atoms with Crippen LogP contribution in [-0.4, -0.2) is 12.4 Å². The highest BCUT2D eigenvalue weighted by atomic mass is 15.0. The zero-order valence-corrected chi connectivity index (χ0v) is 6.76. The summed E-state index contributed by atoms with van der Waals surface area (Å²) < 4.78 is 0. The van der Waals surface area contributed by atoms with E-state index >= 15 is 0 Å². The van der Waals surface area contributed by atoms with Crippen LogP contribution in [0.5, 0.6) is 0 Å². The predicted molar refractivity (Wildman–Crippen MR) is 44.0 cm³/mol. The van der Waals surface area contributed by atoms with Crippen LogP contribution in [0, 0.1) is 5.92 Å². The van der Waals surface area contributed by atoms with E-state index in [9.17, 15) is 0 Å². The molecule has 0 radical (unpaired) electrons. The molecule has 1 aliphatic heterocycles. The molecule has 0 aromatic heterocycles. The van der Waals surface area contributed by atoms with Crippen molar-refractivity contribution in [3.63, 3.8) is 0 Å². The molecule has 0 spiro atoms. The number of nitrogens with zero attached hydrogens (tertiary/aromatic N) is 1. The highest BCUT2D eigenvalue weighted by molar-refractivity contribution is 5.59. The smallest absolute Gasteiger partial charge is 0.0886 e. The minimum Gasteiger partial charge on any atom is -0.370 e. The standard InChI is InChI=1S/C8H14N2/c1-6(2)8-4-7(3)9-5-10-8/h4-7H,1-3H3,(H,9,10). The molecule has 1 unspecified atom stereocenters. The number of hydrogen-bond donors (Lipinski definition) is 1. The fraction of sp³-hybridized carbons (Fsp3) is 0.625. The van der Waals surface area contributed by atoms with Crippen molar-refractivity contribution in [1.29, 1.82) is 0 Å². The number of nitrogens with one attached hydrogen (secondary N) is 1. The van der Waals surface area contributed by atoms with Crippen molar-refractivity contribution in [2.75, 3.05) is 0 Å². The molecule has 1 heterocycles. The van der Waals surface area contributed by atoms with Gasteiger partial charge in [-0.25, -0.2) is 4.99 Å². The largest absolute Gasteiger partial charge is 0.370 e. The second kappa shape index (κ2) is 2.86. The Labute approximate surface area is 62.0 Å². The molecule has 1 aliphatic rings. The van der Waals surface area contributed by atoms with Gasteiger partial charge in [-0.05, 0) is 18.9 Å². The fourth-order valence-electron chi connectivity index (χ4n) is 0.918. The Kier molecular flexibility index (Phi) is 2.10. The maximum atomic E-state index is 4.20. The highest BCUT2D eigenvalue weighted by Crippen LogP contribution is 2.12. The first-order chi connectivity index (χ1) is 4.70. The minimum atomic E-state index is 0.440. The predicted octanol–water partition coefficient (Wildman–Crippen LogP) is 1.55. The van der Waals surface area contributed by atoms with Crippen LogP contribution in [0.2, 0.25) is 0 Å². The maximum Gasteiger partial charge on any atom is 0.0886 e. The van der Waals surface area contributed by atoms with Gasteiger partial charge in [-0.1, -0.05) is 13.8 Å². The number of aliphatic imine (C=N–C) groups is 1. The molecule has 1 N–H and O–H groups in total. The van der Waals surface area contributed by atoms with Gasteiger partial charge in [-0.15, -0.1) is 0 Å². The molecule has 0 saturated heterocycles. The summed E-state index contributed by atoms with van der Waals surface area (Å²) in [6, 6.07) is 0.440. The lowest BCUT2D eigenvalue weighted by Gasteiger charge is -2.15. The lowest BCUT2D eigenvalue weighted by atomic mass is 10.1. The van der Waals surface area contributed by atoms with Crippen LogP contribution in [0.1, 0.15) is 20.8 Å². The molecule has 2 nitrogen and oxygen atoms in total. The van der Waals surface area contributed by atoms with E-state index in [0.29, 0.717) is 12.0 Å². The van der Waals surface area contributed by atoms with E-state index in [1.165, 1.54) is 5.70 Å². The average Bonchev–Trinajstić information content (AvgIpc) is 1.88. The van der Waals surface area contributed by atoms with Crippen LogP contribution in [0.3, 0.4) is 0 Å². The summed E-state index contributed by atoms with van der Waals surface area (Å²) in [6.07, 6.45) is 3.94. The second-order valence-electron chi connectivity index (χ2n) is 2.96. The molecule has 56 valence electrons. The van der Waals surface area contributed by atoms with Crippen LogP contribution in [-0.2, 0) is 0 Å². The third-order valence-corrected chi connectivity index (χ3v) is 1.56. The molecule has 10 heavy (non-hydrogen) atoms. The topological polar surface area (TPSA) is 24.4 Å². The fourth-order valence-corrected chi connectivity index (χ4v) is 0.918. The van der Waals surface area contributed by atoms with Crippen molar-refractivity contribution in [3.05, 3.63) is 11.8 Å². The van der Waals surface area contributed by atoms with Crippen LogP contribution in [0.4, 0.5) is 0 Å². The Balaban J connectivity index is 2.66. The van der Waals surface area contributed by atoms with E-state index in [1.54, 1.807) is 6.34 Å². The van der Waals surface area contributed by atoms with E-state index < -0.39 is 0 Å². The van der Waals surface area contributed by atoms with Crippen molar-refractivity contribution in [1.82, 2.24) is 5.32 Å². The van der Waals surface area contributed by atoms with E-state index in [2.05, 4.69) is 37.2 Å². The van der Waals surface area contributed by atoms with Gasteiger partial charge in [-0.3, -0.25) is 0 Å². The van der Waals surface area contributed by atoms with Crippen molar-refractivity contribution in [3.8, 4) is 0 Å². The SMILES string of the molecule is CC1C=C(C(C)C)N=CN1. The first-order valence-corrected chi connectivity index (χ1v) is 3.70. The highest BCUT2D eigenvalue weighted by Gasteiger charge is 2.06. The lowest BCUT2D eigenvalue weighted by Crippen LogP contribution is -2.26. The van der Waals surface area contributed by atoms with Crippen LogP contribution < -0.4 is 5.32 Å². The van der Waals surface area contributed by atoms with Gasteiger partial charge >= 0.3 is 0 Å². The first kappa shape index (κ1) is 7.32. The summed E-state index contributed by atoms with van der Waals surface area (Å²) in [5.74, 6) is 0.542. The third kappa shape index (κ3) is 1.59. The first-order valence-electron chi connectivity index (χ1n) is 3.70. The third-order valence-electron chi connectivity index (χ3n) is 1.56. The van der Waals surface area contributed by atoms with Crippen molar-refractivity contribution in [2.24, 2.45) is 10.9 Å². The lowest BCUT2D eigenvalue weighted by molar-refractivity contribution is 0.705. The molecular weight excluding hydrogens is 124 g/mol. The van der Waals surface area contributed by atoms with E-state index in [4.69, 9.17) is 0 Å². The van der Waals surface area contributed by atoms with Crippen molar-refractivity contribution >= 4 is 6.34 Å². The normalized spacial score (nSPS) is 24.4. The molecule has 1 atom stereocenters. The Bertz CT molecular complexity index is 168. The number of rotatable bonds is 1. The molecule has 0 aliphatic carbocycles. The van der Waals surface area contributed by atoms with Crippen LogP contribution in [0.25, 0.3) is 0 Å². The summed E-state index contributed by atoms with van der Waals surface area (Å²) in [5.41, 5.74) is 1.19. The molecule has 2 heteroatoms. The van der Waals surface area contributed by atoms with Gasteiger partial charge in [0.05, 0.1) is 6.34 Å². The monoisotopic (exact) mass is 138 g/mol. The van der Waals surface area contributed by atoms with Gasteiger partial charge in [0.15, 0.2) is 0 Å². The summed E-state index contributed by atoms with van der Waals surface area (Å²) in [5, 5.41) is 3.10. The van der Waals surface area contributed by atoms with E-state index in [0.717, 1.165) is 0 Å². The minimum absolute atomic E-state index is 0.440. The molecule has 1 rings (SSSR count). The van der Waals surface area contributed by atoms with Crippen molar-refractivity contribution in [2.45, 2.75) is 26.8 Å². The zero-order valence-electron chi connectivity index (χ0n) is 6.76. The Morgan fingerprint density at radius 3 is 2.70 bits per heavy atom. The molecule has 0 amide bonds. The number of hydrogen-bond acceptors (Lipinski definition) is 2. The Hall–Kier alpha value is -0.790. The van der Waals surface area contributed by atoms with E-state index in [1.807, 2.05) is 0 Å². The van der Waals surface area contributed by atoms with Crippen LogP contribution in [0.15, 0.2) is 16.8 Å². The van der Waals surface area contributed by atoms with Crippen molar-refractivity contribution < 1.29 is 0 Å². The molecule has 0 aromatic rings. The van der Waals surface area contributed by atoms with Crippen LogP contribution >= 0.6 is 0 Å². The maximum absolute atomic E-state index is 4.20. The summed E-state index contributed by atoms with van der Waals surface area (Å²) in [4.78, 5) is 4.20. The molecule has 0 fully saturated rings. The van der Waals surface area contributed by atoms with Gasteiger partial charge in [0, 0.05) is 11.7 Å². The number of allylic oxidation sites excluding steroid dienone is 1. The molecule has 0 saturated carbocycles. The second-order valence-corrected chi connectivity index (χ2v) is 2.96. The van der Waals surface area contributed by atoms with Gasteiger partial charge in [-0.2, -0.15) is 0 Å². The van der Waals surface area contributed by atoms with Gasteiger partial charge in [0.25, 0.3) is 0 Å². The van der Waals surface area contributed by atoms with Gasteiger partial charge in [0.1, 0.15) is 0 Å². The van der Waals surface area contributed by atoms with Gasteiger partial charge in [0.2, 0.25) is 0 Å². The summed E-state index contributed by atoms with van der Waals surface area (Å²) >= 11 is 0. The molecular formula is C8H14N2.